The minimum absolute atomic E-state index is 0.786. The summed E-state index contributed by atoms with van der Waals surface area (Å²) in [4.78, 5) is 0. The highest BCUT2D eigenvalue weighted by Crippen LogP contribution is 2.33. The van der Waals surface area contributed by atoms with Crippen LogP contribution in [-0.4, -0.2) is 4.57 Å². The first kappa shape index (κ1) is 14.1. The van der Waals surface area contributed by atoms with Gasteiger partial charge in [0, 0.05) is 17.5 Å². The van der Waals surface area contributed by atoms with Crippen LogP contribution in [0.1, 0.15) is 25.1 Å². The first-order valence-corrected chi connectivity index (χ1v) is 8.32. The third-order valence-electron chi connectivity index (χ3n) is 4.62. The second-order valence-electron chi connectivity index (χ2n) is 6.10. The van der Waals surface area contributed by atoms with Gasteiger partial charge in [0.2, 0.25) is 0 Å². The Morgan fingerprint density at radius 2 is 1.43 bits per heavy atom. The van der Waals surface area contributed by atoms with E-state index in [9.17, 15) is 5.21 Å². The van der Waals surface area contributed by atoms with Gasteiger partial charge in [0.05, 0.1) is 6.54 Å². The van der Waals surface area contributed by atoms with Crippen molar-refractivity contribution in [3.8, 4) is 22.5 Å². The average Bonchev–Trinajstić information content (AvgIpc) is 2.77. The Balaban J connectivity index is 2.01. The summed E-state index contributed by atoms with van der Waals surface area (Å²) in [6.07, 6.45) is 4.28. The van der Waals surface area contributed by atoms with Crippen molar-refractivity contribution in [2.24, 2.45) is 0 Å². The summed E-state index contributed by atoms with van der Waals surface area (Å²) >= 11 is 0. The van der Waals surface area contributed by atoms with E-state index < -0.39 is 0 Å². The lowest BCUT2D eigenvalue weighted by Gasteiger charge is -2.07. The van der Waals surface area contributed by atoms with Crippen LogP contribution in [0.3, 0.4) is 0 Å². The summed E-state index contributed by atoms with van der Waals surface area (Å²) in [5.74, 6) is 0.903. The molecule has 0 unspecified atom stereocenters. The predicted molar refractivity (Wildman–Crippen MR) is 91.8 cm³/mol. The van der Waals surface area contributed by atoms with Crippen molar-refractivity contribution >= 4 is 0 Å². The van der Waals surface area contributed by atoms with Crippen LogP contribution < -0.4 is 4.73 Å². The van der Waals surface area contributed by atoms with Crippen LogP contribution in [0.2, 0.25) is 0 Å². The molecule has 0 amide bonds. The lowest BCUT2D eigenvalue weighted by molar-refractivity contribution is -0.602. The van der Waals surface area contributed by atoms with Crippen molar-refractivity contribution in [2.75, 3.05) is 0 Å². The zero-order chi connectivity index (χ0) is 15.6. The fourth-order valence-electron chi connectivity index (χ4n) is 3.54. The molecule has 23 heavy (non-hydrogen) atoms. The van der Waals surface area contributed by atoms with Crippen molar-refractivity contribution < 1.29 is 4.73 Å². The quantitative estimate of drug-likeness (QED) is 0.516. The van der Waals surface area contributed by atoms with Gasteiger partial charge in [-0.3, -0.25) is 0 Å². The van der Waals surface area contributed by atoms with Crippen molar-refractivity contribution in [1.29, 1.82) is 0 Å². The molecular formula is C20H20N2O. The van der Waals surface area contributed by atoms with Crippen LogP contribution >= 0.6 is 0 Å². The number of hydrogen-bond donors (Lipinski definition) is 0. The normalized spacial score (nSPS) is 14.3. The van der Waals surface area contributed by atoms with E-state index in [0.717, 1.165) is 54.1 Å². The molecule has 0 radical (unpaired) electrons. The van der Waals surface area contributed by atoms with Crippen LogP contribution in [0.4, 0.5) is 0 Å². The monoisotopic (exact) mass is 304 g/mol. The summed E-state index contributed by atoms with van der Waals surface area (Å²) in [5, 5.41) is 13.1. The summed E-state index contributed by atoms with van der Waals surface area (Å²) in [6.45, 7) is 0.925. The number of rotatable bonds is 2. The van der Waals surface area contributed by atoms with Gasteiger partial charge in [0.1, 0.15) is 0 Å². The first-order chi connectivity index (χ1) is 11.4. The largest absolute Gasteiger partial charge is 0.710 e. The molecule has 1 aliphatic heterocycles. The second kappa shape index (κ2) is 5.92. The van der Waals surface area contributed by atoms with E-state index in [-0.39, 0.29) is 0 Å². The zero-order valence-electron chi connectivity index (χ0n) is 13.1. The highest BCUT2D eigenvalue weighted by Gasteiger charge is 2.30. The van der Waals surface area contributed by atoms with Crippen molar-refractivity contribution in [3.05, 3.63) is 71.7 Å². The average molecular weight is 304 g/mol. The van der Waals surface area contributed by atoms with E-state index >= 15 is 0 Å². The van der Waals surface area contributed by atoms with Crippen molar-refractivity contribution in [1.82, 2.24) is 4.57 Å². The number of benzene rings is 2. The molecule has 2 aromatic carbocycles. The topological polar surface area (TPSA) is 31.9 Å². The molecule has 0 fully saturated rings. The summed E-state index contributed by atoms with van der Waals surface area (Å²) in [6, 6.07) is 20.3. The first-order valence-electron chi connectivity index (χ1n) is 8.32. The smallest absolute Gasteiger partial charge is 0.260 e. The van der Waals surface area contributed by atoms with Gasteiger partial charge in [0.25, 0.3) is 5.82 Å². The molecule has 0 N–H and O–H groups in total. The minimum Gasteiger partial charge on any atom is -0.710 e. The van der Waals surface area contributed by atoms with Crippen LogP contribution in [0.25, 0.3) is 22.5 Å². The number of fused-ring (bicyclic) bond motifs is 1. The predicted octanol–water partition coefficient (Wildman–Crippen LogP) is 4.18. The second-order valence-corrected chi connectivity index (χ2v) is 6.10. The molecule has 0 saturated carbocycles. The summed E-state index contributed by atoms with van der Waals surface area (Å²) < 4.78 is 3.42. The summed E-state index contributed by atoms with van der Waals surface area (Å²) in [7, 11) is 0. The Morgan fingerprint density at radius 1 is 0.783 bits per heavy atom. The maximum absolute atomic E-state index is 13.1. The van der Waals surface area contributed by atoms with Crippen LogP contribution in [-0.2, 0) is 13.0 Å². The molecule has 2 heterocycles. The van der Waals surface area contributed by atoms with Gasteiger partial charge in [-0.25, -0.2) is 9.30 Å². The molecule has 0 spiro atoms. The summed E-state index contributed by atoms with van der Waals surface area (Å²) in [5.41, 5.74) is 3.95. The Kier molecular flexibility index (Phi) is 3.62. The standard InChI is InChI=1S/C20H20N2O/c23-22-18-14-8-3-9-15-21(18)19(16-10-4-1-5-11-16)20(22)17-12-6-2-7-13-17/h1-2,4-7,10-13H,3,8-9,14-15H2. The Morgan fingerprint density at radius 3 is 2.13 bits per heavy atom. The highest BCUT2D eigenvalue weighted by atomic mass is 16.5. The minimum atomic E-state index is 0.786. The van der Waals surface area contributed by atoms with Crippen molar-refractivity contribution in [3.63, 3.8) is 0 Å². The van der Waals surface area contributed by atoms with Gasteiger partial charge < -0.3 is 5.21 Å². The van der Waals surface area contributed by atoms with E-state index in [1.807, 2.05) is 48.5 Å². The van der Waals surface area contributed by atoms with Gasteiger partial charge in [-0.15, -0.1) is 0 Å². The van der Waals surface area contributed by atoms with E-state index in [2.05, 4.69) is 16.7 Å². The lowest BCUT2D eigenvalue weighted by atomic mass is 10.0. The van der Waals surface area contributed by atoms with Gasteiger partial charge in [-0.2, -0.15) is 0 Å². The lowest BCUT2D eigenvalue weighted by Crippen LogP contribution is -2.32. The number of imidazole rings is 1. The number of nitrogens with zero attached hydrogens (tertiary/aromatic N) is 2. The molecular weight excluding hydrogens is 284 g/mol. The molecule has 1 aliphatic rings. The molecule has 0 atom stereocenters. The maximum atomic E-state index is 13.1. The fourth-order valence-corrected chi connectivity index (χ4v) is 3.54. The molecule has 3 heteroatoms. The van der Waals surface area contributed by atoms with Crippen LogP contribution in [0.15, 0.2) is 60.7 Å². The number of hydrogen-bond acceptors (Lipinski definition) is 1. The fraction of sp³-hybridized carbons (Fsp3) is 0.250. The zero-order valence-corrected chi connectivity index (χ0v) is 13.1. The SMILES string of the molecule is [O-][n+]1c(-c2ccccc2)c(-c2ccccc2)n2c1CCCCC2. The highest BCUT2D eigenvalue weighted by molar-refractivity contribution is 5.76. The number of aromatic nitrogens is 2. The maximum Gasteiger partial charge on any atom is 0.260 e. The molecule has 0 aliphatic carbocycles. The molecule has 1 aromatic heterocycles. The van der Waals surface area contributed by atoms with Crippen LogP contribution in [0, 0.1) is 5.21 Å². The van der Waals surface area contributed by atoms with E-state index in [0.29, 0.717) is 0 Å². The van der Waals surface area contributed by atoms with Crippen molar-refractivity contribution in [2.45, 2.75) is 32.2 Å². The third kappa shape index (κ3) is 2.42. The molecule has 116 valence electrons. The van der Waals surface area contributed by atoms with E-state index in [1.165, 1.54) is 11.2 Å². The molecule has 0 saturated heterocycles. The van der Waals surface area contributed by atoms with Gasteiger partial charge in [-0.1, -0.05) is 60.7 Å². The molecule has 4 rings (SSSR count). The van der Waals surface area contributed by atoms with Gasteiger partial charge in [0.15, 0.2) is 11.4 Å². The molecule has 3 aromatic rings. The van der Waals surface area contributed by atoms with E-state index in [1.54, 1.807) is 0 Å². The van der Waals surface area contributed by atoms with Crippen LogP contribution in [0.5, 0.6) is 0 Å². The Bertz CT molecular complexity index is 807. The molecule has 0 bridgehead atoms. The third-order valence-corrected chi connectivity index (χ3v) is 4.62. The van der Waals surface area contributed by atoms with Gasteiger partial charge >= 0.3 is 0 Å². The molecule has 3 nitrogen and oxygen atoms in total. The van der Waals surface area contributed by atoms with E-state index in [4.69, 9.17) is 0 Å². The Hall–Kier alpha value is -2.55. The Labute approximate surface area is 136 Å². The van der Waals surface area contributed by atoms with Gasteiger partial charge in [-0.05, 0) is 19.3 Å².